The summed E-state index contributed by atoms with van der Waals surface area (Å²) in [6.07, 6.45) is 2.37. The Balaban J connectivity index is 1.45. The van der Waals surface area contributed by atoms with Crippen LogP contribution in [0.5, 0.6) is 5.75 Å². The van der Waals surface area contributed by atoms with Gasteiger partial charge in [-0.1, -0.05) is 0 Å². The molecule has 31 heavy (non-hydrogen) atoms. The number of anilines is 2. The summed E-state index contributed by atoms with van der Waals surface area (Å²) in [5.41, 5.74) is 1.46. The molecule has 2 amide bonds. The highest BCUT2D eigenvalue weighted by atomic mass is 16.6. The molecule has 9 nitrogen and oxygen atoms in total. The molecular formula is C22H26N4O5. The van der Waals surface area contributed by atoms with Gasteiger partial charge in [0.15, 0.2) is 0 Å². The number of non-ortho nitro benzene ring substituents is 1. The van der Waals surface area contributed by atoms with Crippen molar-refractivity contribution in [2.24, 2.45) is 0 Å². The Morgan fingerprint density at radius 2 is 1.81 bits per heavy atom. The Morgan fingerprint density at radius 1 is 1.13 bits per heavy atom. The first kappa shape index (κ1) is 22.1. The summed E-state index contributed by atoms with van der Waals surface area (Å²) in [4.78, 5) is 37.2. The number of methoxy groups -OCH3 is 1. The maximum atomic E-state index is 12.7. The maximum absolute atomic E-state index is 12.7. The van der Waals surface area contributed by atoms with E-state index in [-0.39, 0.29) is 17.5 Å². The lowest BCUT2D eigenvalue weighted by atomic mass is 10.2. The normalized spacial score (nSPS) is 15.4. The van der Waals surface area contributed by atoms with Crippen molar-refractivity contribution >= 4 is 28.9 Å². The van der Waals surface area contributed by atoms with Crippen LogP contribution < -0.4 is 15.4 Å². The van der Waals surface area contributed by atoms with E-state index in [9.17, 15) is 19.7 Å². The molecule has 2 N–H and O–H groups in total. The number of hydrogen-bond donors (Lipinski definition) is 2. The Hall–Kier alpha value is -3.62. The van der Waals surface area contributed by atoms with E-state index in [1.54, 1.807) is 48.4 Å². The molecule has 0 aliphatic carbocycles. The van der Waals surface area contributed by atoms with Crippen molar-refractivity contribution in [3.05, 3.63) is 58.6 Å². The number of rotatable bonds is 9. The smallest absolute Gasteiger partial charge is 0.269 e. The monoisotopic (exact) mass is 426 g/mol. The van der Waals surface area contributed by atoms with Crippen molar-refractivity contribution in [1.82, 2.24) is 4.90 Å². The van der Waals surface area contributed by atoms with Crippen LogP contribution in [0.25, 0.3) is 0 Å². The topological polar surface area (TPSA) is 114 Å². The molecule has 0 saturated carbocycles. The van der Waals surface area contributed by atoms with Gasteiger partial charge >= 0.3 is 0 Å². The van der Waals surface area contributed by atoms with E-state index in [0.29, 0.717) is 43.8 Å². The Bertz CT molecular complexity index is 915. The third-order valence-electron chi connectivity index (χ3n) is 5.21. The lowest BCUT2D eigenvalue weighted by molar-refractivity contribution is -0.384. The standard InChI is InChI=1S/C22H26N4O5/c1-31-19-12-8-17(9-13-19)24-22(28)20-4-3-15-25(20)21(27)5-2-14-23-16-6-10-18(11-7-16)26(29)30/h6-13,20,23H,2-5,14-15H2,1H3,(H,24,28). The molecule has 1 fully saturated rings. The molecule has 3 rings (SSSR count). The zero-order chi connectivity index (χ0) is 22.2. The molecule has 1 atom stereocenters. The number of nitro groups is 1. The van der Waals surface area contributed by atoms with E-state index in [4.69, 9.17) is 4.74 Å². The first-order valence-corrected chi connectivity index (χ1v) is 10.2. The zero-order valence-corrected chi connectivity index (χ0v) is 17.4. The predicted octanol–water partition coefficient (Wildman–Crippen LogP) is 3.43. The zero-order valence-electron chi connectivity index (χ0n) is 17.4. The largest absolute Gasteiger partial charge is 0.497 e. The summed E-state index contributed by atoms with van der Waals surface area (Å²) in [5.74, 6) is 0.482. The van der Waals surface area contributed by atoms with Crippen LogP contribution >= 0.6 is 0 Å². The Kier molecular flexibility index (Phi) is 7.42. The van der Waals surface area contributed by atoms with E-state index in [1.807, 2.05) is 0 Å². The lowest BCUT2D eigenvalue weighted by Gasteiger charge is -2.24. The summed E-state index contributed by atoms with van der Waals surface area (Å²) in [5, 5.41) is 16.7. The third kappa shape index (κ3) is 5.94. The lowest BCUT2D eigenvalue weighted by Crippen LogP contribution is -2.43. The van der Waals surface area contributed by atoms with E-state index in [0.717, 1.165) is 12.1 Å². The van der Waals surface area contributed by atoms with Gasteiger partial charge in [-0.3, -0.25) is 19.7 Å². The van der Waals surface area contributed by atoms with Crippen molar-refractivity contribution in [1.29, 1.82) is 0 Å². The van der Waals surface area contributed by atoms with Crippen LogP contribution in [0.3, 0.4) is 0 Å². The van der Waals surface area contributed by atoms with Gasteiger partial charge in [0.2, 0.25) is 11.8 Å². The van der Waals surface area contributed by atoms with E-state index < -0.39 is 11.0 Å². The fourth-order valence-corrected chi connectivity index (χ4v) is 3.55. The minimum Gasteiger partial charge on any atom is -0.497 e. The van der Waals surface area contributed by atoms with Gasteiger partial charge in [-0.25, -0.2) is 0 Å². The second kappa shape index (κ2) is 10.4. The highest BCUT2D eigenvalue weighted by Gasteiger charge is 2.33. The highest BCUT2D eigenvalue weighted by molar-refractivity contribution is 5.97. The third-order valence-corrected chi connectivity index (χ3v) is 5.21. The summed E-state index contributed by atoms with van der Waals surface area (Å²) >= 11 is 0. The van der Waals surface area contributed by atoms with Crippen LogP contribution in [-0.4, -0.2) is 47.9 Å². The number of nitro benzene ring substituents is 1. The van der Waals surface area contributed by atoms with Crippen LogP contribution in [0.1, 0.15) is 25.7 Å². The molecule has 9 heteroatoms. The van der Waals surface area contributed by atoms with Crippen molar-refractivity contribution in [2.45, 2.75) is 31.7 Å². The Morgan fingerprint density at radius 3 is 2.45 bits per heavy atom. The van der Waals surface area contributed by atoms with Gasteiger partial charge in [-0.15, -0.1) is 0 Å². The number of carbonyl (C=O) groups excluding carboxylic acids is 2. The minimum atomic E-state index is -0.461. The van der Waals surface area contributed by atoms with Crippen LogP contribution in [0.4, 0.5) is 17.1 Å². The molecule has 2 aromatic carbocycles. The van der Waals surface area contributed by atoms with Crippen molar-refractivity contribution in [3.63, 3.8) is 0 Å². The summed E-state index contributed by atoms with van der Waals surface area (Å²) in [6, 6.07) is 12.8. The molecule has 0 radical (unpaired) electrons. The second-order valence-electron chi connectivity index (χ2n) is 7.30. The summed E-state index contributed by atoms with van der Waals surface area (Å²) < 4.78 is 5.11. The van der Waals surface area contributed by atoms with Gasteiger partial charge in [0.25, 0.3) is 5.69 Å². The molecule has 0 aromatic heterocycles. The van der Waals surface area contributed by atoms with Crippen molar-refractivity contribution in [2.75, 3.05) is 30.8 Å². The van der Waals surface area contributed by atoms with Crippen molar-refractivity contribution in [3.8, 4) is 5.75 Å². The molecule has 1 aliphatic heterocycles. The van der Waals surface area contributed by atoms with E-state index in [1.165, 1.54) is 12.1 Å². The molecule has 0 bridgehead atoms. The molecule has 164 valence electrons. The van der Waals surface area contributed by atoms with Crippen LogP contribution in [0, 0.1) is 10.1 Å². The summed E-state index contributed by atoms with van der Waals surface area (Å²) in [7, 11) is 1.58. The van der Waals surface area contributed by atoms with Gasteiger partial charge in [0.1, 0.15) is 11.8 Å². The first-order valence-electron chi connectivity index (χ1n) is 10.2. The quantitative estimate of drug-likeness (QED) is 0.361. The Labute approximate surface area is 180 Å². The van der Waals surface area contributed by atoms with Gasteiger partial charge in [-0.05, 0) is 55.7 Å². The number of amides is 2. The van der Waals surface area contributed by atoms with E-state index >= 15 is 0 Å². The van der Waals surface area contributed by atoms with Crippen LogP contribution in [-0.2, 0) is 9.59 Å². The average molecular weight is 426 g/mol. The first-order chi connectivity index (χ1) is 15.0. The molecule has 1 aliphatic rings. The van der Waals surface area contributed by atoms with E-state index in [2.05, 4.69) is 10.6 Å². The van der Waals surface area contributed by atoms with Gasteiger partial charge in [0.05, 0.1) is 12.0 Å². The molecule has 1 heterocycles. The van der Waals surface area contributed by atoms with Crippen LogP contribution in [0.2, 0.25) is 0 Å². The number of nitrogens with one attached hydrogen (secondary N) is 2. The number of benzene rings is 2. The van der Waals surface area contributed by atoms with Gasteiger partial charge < -0.3 is 20.3 Å². The number of ether oxygens (including phenoxy) is 1. The van der Waals surface area contributed by atoms with Gasteiger partial charge in [0, 0.05) is 43.0 Å². The molecular weight excluding hydrogens is 400 g/mol. The average Bonchev–Trinajstić information content (AvgIpc) is 3.28. The maximum Gasteiger partial charge on any atom is 0.269 e. The number of likely N-dealkylation sites (tertiary alicyclic amines) is 1. The fourth-order valence-electron chi connectivity index (χ4n) is 3.55. The second-order valence-corrected chi connectivity index (χ2v) is 7.30. The molecule has 1 saturated heterocycles. The minimum absolute atomic E-state index is 0.0359. The number of nitrogens with zero attached hydrogens (tertiary/aromatic N) is 2. The summed E-state index contributed by atoms with van der Waals surface area (Å²) in [6.45, 7) is 1.13. The highest BCUT2D eigenvalue weighted by Crippen LogP contribution is 2.22. The molecule has 2 aromatic rings. The van der Waals surface area contributed by atoms with Crippen molar-refractivity contribution < 1.29 is 19.2 Å². The number of hydrogen-bond acceptors (Lipinski definition) is 6. The molecule has 1 unspecified atom stereocenters. The molecule has 0 spiro atoms. The SMILES string of the molecule is COc1ccc(NC(=O)C2CCCN2C(=O)CCCNc2ccc([N+](=O)[O-])cc2)cc1. The van der Waals surface area contributed by atoms with Crippen LogP contribution in [0.15, 0.2) is 48.5 Å². The number of carbonyl (C=O) groups is 2. The fraction of sp³-hybridized carbons (Fsp3) is 0.364. The predicted molar refractivity (Wildman–Crippen MR) is 117 cm³/mol. The van der Waals surface area contributed by atoms with Gasteiger partial charge in [-0.2, -0.15) is 0 Å².